The van der Waals surface area contributed by atoms with Crippen LogP contribution in [0.15, 0.2) is 84.9 Å². The van der Waals surface area contributed by atoms with Gasteiger partial charge in [0, 0.05) is 17.0 Å². The summed E-state index contributed by atoms with van der Waals surface area (Å²) >= 11 is 0. The Balaban J connectivity index is 1.83. The summed E-state index contributed by atoms with van der Waals surface area (Å²) in [6.07, 6.45) is 3.29. The number of nitrogens with zero attached hydrogens (tertiary/aromatic N) is 2. The van der Waals surface area contributed by atoms with Gasteiger partial charge in [-0.25, -0.2) is 9.97 Å². The Labute approximate surface area is 186 Å². The first-order valence-electron chi connectivity index (χ1n) is 11.3. The zero-order valence-electron chi connectivity index (χ0n) is 18.7. The summed E-state index contributed by atoms with van der Waals surface area (Å²) in [6.45, 7) is 6.60. The minimum absolute atomic E-state index is 0.382. The van der Waals surface area contributed by atoms with E-state index in [9.17, 15) is 0 Å². The molecule has 0 aliphatic heterocycles. The quantitative estimate of drug-likeness (QED) is 0.310. The van der Waals surface area contributed by atoms with Gasteiger partial charge in [0.25, 0.3) is 0 Å². The Bertz CT molecular complexity index is 1150. The van der Waals surface area contributed by atoms with Crippen molar-refractivity contribution in [1.82, 2.24) is 9.97 Å². The van der Waals surface area contributed by atoms with Crippen LogP contribution in [0.25, 0.3) is 33.6 Å². The van der Waals surface area contributed by atoms with E-state index in [-0.39, 0.29) is 0 Å². The van der Waals surface area contributed by atoms with E-state index in [0.717, 1.165) is 47.6 Å². The normalized spacial score (nSPS) is 12.0. The Morgan fingerprint density at radius 2 is 1.26 bits per heavy atom. The second kappa shape index (κ2) is 9.70. The predicted molar refractivity (Wildman–Crippen MR) is 131 cm³/mol. The van der Waals surface area contributed by atoms with Crippen LogP contribution >= 0.6 is 0 Å². The highest BCUT2D eigenvalue weighted by atomic mass is 14.9. The molecule has 0 bridgehead atoms. The van der Waals surface area contributed by atoms with Gasteiger partial charge < -0.3 is 0 Å². The summed E-state index contributed by atoms with van der Waals surface area (Å²) < 4.78 is 0. The van der Waals surface area contributed by atoms with Crippen LogP contribution in [-0.2, 0) is 0 Å². The van der Waals surface area contributed by atoms with Gasteiger partial charge in [0.1, 0.15) is 5.82 Å². The minimum atomic E-state index is 0.382. The highest BCUT2D eigenvalue weighted by Crippen LogP contribution is 2.31. The second-order valence-electron chi connectivity index (χ2n) is 8.21. The van der Waals surface area contributed by atoms with Gasteiger partial charge >= 0.3 is 0 Å². The Morgan fingerprint density at radius 1 is 0.645 bits per heavy atom. The Kier molecular flexibility index (Phi) is 6.57. The number of rotatable bonds is 7. The van der Waals surface area contributed by atoms with E-state index in [1.165, 1.54) is 16.7 Å². The van der Waals surface area contributed by atoms with Crippen molar-refractivity contribution < 1.29 is 0 Å². The molecule has 1 aromatic heterocycles. The third-order valence-electron chi connectivity index (χ3n) is 5.82. The summed E-state index contributed by atoms with van der Waals surface area (Å²) in [5.41, 5.74) is 7.97. The molecule has 1 atom stereocenters. The SMILES string of the molecule is CCC[C@H](CC)c1nc(-c2ccccc2)cc(-c2cccc(-c3cccc(C)c3)c2)n1. The molecule has 31 heavy (non-hydrogen) atoms. The molecule has 2 nitrogen and oxygen atoms in total. The fourth-order valence-corrected chi connectivity index (χ4v) is 4.10. The molecule has 4 rings (SSSR count). The Hall–Kier alpha value is -3.26. The molecule has 0 saturated carbocycles. The Morgan fingerprint density at radius 3 is 1.94 bits per heavy atom. The summed E-state index contributed by atoms with van der Waals surface area (Å²) in [6, 6.07) is 29.9. The first kappa shape index (κ1) is 21.0. The predicted octanol–water partition coefficient (Wildman–Crippen LogP) is 8.08. The van der Waals surface area contributed by atoms with Gasteiger partial charge in [0.2, 0.25) is 0 Å². The van der Waals surface area contributed by atoms with E-state index in [1.54, 1.807) is 0 Å². The fraction of sp³-hybridized carbons (Fsp3) is 0.241. The maximum absolute atomic E-state index is 5.06. The monoisotopic (exact) mass is 406 g/mol. The van der Waals surface area contributed by atoms with Gasteiger partial charge in [0.05, 0.1) is 11.4 Å². The van der Waals surface area contributed by atoms with Crippen LogP contribution in [0.4, 0.5) is 0 Å². The minimum Gasteiger partial charge on any atom is -0.233 e. The molecule has 2 heteroatoms. The maximum Gasteiger partial charge on any atom is 0.132 e. The molecule has 0 spiro atoms. The lowest BCUT2D eigenvalue weighted by atomic mass is 9.97. The molecular weight excluding hydrogens is 376 g/mol. The van der Waals surface area contributed by atoms with Crippen LogP contribution in [0.5, 0.6) is 0 Å². The van der Waals surface area contributed by atoms with Crippen LogP contribution < -0.4 is 0 Å². The molecule has 0 amide bonds. The van der Waals surface area contributed by atoms with Gasteiger partial charge in [-0.05, 0) is 43.0 Å². The zero-order valence-corrected chi connectivity index (χ0v) is 18.7. The molecule has 0 N–H and O–H groups in total. The van der Waals surface area contributed by atoms with Crippen LogP contribution in [-0.4, -0.2) is 9.97 Å². The van der Waals surface area contributed by atoms with Crippen molar-refractivity contribution in [2.75, 3.05) is 0 Å². The van der Waals surface area contributed by atoms with Crippen molar-refractivity contribution in [3.63, 3.8) is 0 Å². The molecule has 3 aromatic carbocycles. The number of aryl methyl sites for hydroxylation is 1. The van der Waals surface area contributed by atoms with Gasteiger partial charge in [-0.15, -0.1) is 0 Å². The number of benzene rings is 3. The van der Waals surface area contributed by atoms with Crippen LogP contribution in [0.2, 0.25) is 0 Å². The highest BCUT2D eigenvalue weighted by Gasteiger charge is 2.16. The lowest BCUT2D eigenvalue weighted by molar-refractivity contribution is 0.565. The molecule has 0 aliphatic rings. The summed E-state index contributed by atoms with van der Waals surface area (Å²) in [4.78, 5) is 10.1. The topological polar surface area (TPSA) is 25.8 Å². The summed E-state index contributed by atoms with van der Waals surface area (Å²) in [5.74, 6) is 1.34. The van der Waals surface area contributed by atoms with E-state index in [1.807, 2.05) is 6.07 Å². The van der Waals surface area contributed by atoms with Gasteiger partial charge in [-0.1, -0.05) is 98.6 Å². The molecule has 0 radical (unpaired) electrons. The molecule has 4 aromatic rings. The molecule has 0 saturated heterocycles. The van der Waals surface area contributed by atoms with Gasteiger partial charge in [-0.2, -0.15) is 0 Å². The number of hydrogen-bond donors (Lipinski definition) is 0. The third-order valence-corrected chi connectivity index (χ3v) is 5.82. The number of hydrogen-bond acceptors (Lipinski definition) is 2. The standard InChI is InChI=1S/C29H30N2/c1-4-11-22(5-2)29-30-27(23-13-7-6-8-14-23)20-28(31-29)26-17-10-16-25(19-26)24-15-9-12-21(3)18-24/h6-10,12-20,22H,4-5,11H2,1-3H3/t22-/m0/s1. The smallest absolute Gasteiger partial charge is 0.132 e. The van der Waals surface area contributed by atoms with Crippen molar-refractivity contribution in [2.24, 2.45) is 0 Å². The number of aromatic nitrogens is 2. The molecule has 1 heterocycles. The summed E-state index contributed by atoms with van der Waals surface area (Å²) in [7, 11) is 0. The van der Waals surface area contributed by atoms with E-state index < -0.39 is 0 Å². The van der Waals surface area contributed by atoms with Crippen molar-refractivity contribution in [1.29, 1.82) is 0 Å². The molecule has 0 fully saturated rings. The molecule has 0 aliphatic carbocycles. The summed E-state index contributed by atoms with van der Waals surface area (Å²) in [5, 5.41) is 0. The lowest BCUT2D eigenvalue weighted by Crippen LogP contribution is -2.06. The first-order valence-corrected chi connectivity index (χ1v) is 11.3. The average molecular weight is 407 g/mol. The average Bonchev–Trinajstić information content (AvgIpc) is 2.83. The van der Waals surface area contributed by atoms with E-state index in [4.69, 9.17) is 9.97 Å². The molecular formula is C29H30N2. The highest BCUT2D eigenvalue weighted by molar-refractivity contribution is 5.74. The van der Waals surface area contributed by atoms with E-state index in [0.29, 0.717) is 5.92 Å². The van der Waals surface area contributed by atoms with Crippen LogP contribution in [0.1, 0.15) is 50.4 Å². The zero-order chi connectivity index (χ0) is 21.6. The largest absolute Gasteiger partial charge is 0.233 e. The van der Waals surface area contributed by atoms with Crippen LogP contribution in [0.3, 0.4) is 0 Å². The first-order chi connectivity index (χ1) is 15.2. The van der Waals surface area contributed by atoms with Crippen LogP contribution in [0, 0.1) is 6.92 Å². The maximum atomic E-state index is 5.06. The van der Waals surface area contributed by atoms with Gasteiger partial charge in [-0.3, -0.25) is 0 Å². The van der Waals surface area contributed by atoms with Gasteiger partial charge in [0.15, 0.2) is 0 Å². The van der Waals surface area contributed by atoms with Crippen molar-refractivity contribution in [3.05, 3.63) is 96.3 Å². The lowest BCUT2D eigenvalue weighted by Gasteiger charge is -2.16. The van der Waals surface area contributed by atoms with Crippen molar-refractivity contribution >= 4 is 0 Å². The molecule has 0 unspecified atom stereocenters. The second-order valence-corrected chi connectivity index (χ2v) is 8.21. The van der Waals surface area contributed by atoms with Crippen molar-refractivity contribution in [2.45, 2.75) is 46.0 Å². The van der Waals surface area contributed by atoms with E-state index in [2.05, 4.69) is 99.6 Å². The third kappa shape index (κ3) is 4.91. The van der Waals surface area contributed by atoms with Crippen molar-refractivity contribution in [3.8, 4) is 33.6 Å². The molecule has 156 valence electrons. The van der Waals surface area contributed by atoms with E-state index >= 15 is 0 Å². The fourth-order valence-electron chi connectivity index (χ4n) is 4.10.